The number of aromatic amines is 1. The number of benzene rings is 3. The highest BCUT2D eigenvalue weighted by Gasteiger charge is 2.69. The SMILES string of the molecule is O=C(COc1cccc([C@@H]2c3sc(=O)[nH]c3S[C@@H]3[C@@H]4C[C@@H]([C@@H]5C(=O)N(c6ccc(Cl)cc6)C(=O)[C@@H]45)[C@H]23)c1)Nc1cccc(C(F)(F)F)c1. The van der Waals surface area contributed by atoms with Crippen LogP contribution in [0.15, 0.2) is 82.6 Å². The molecular formula is C34H25ClF3N3O5S2. The van der Waals surface area contributed by atoms with Gasteiger partial charge in [0.2, 0.25) is 11.8 Å². The van der Waals surface area contributed by atoms with E-state index in [1.54, 1.807) is 54.2 Å². The minimum Gasteiger partial charge on any atom is -0.484 e. The molecule has 4 aliphatic rings. The van der Waals surface area contributed by atoms with Crippen LogP contribution in [0.3, 0.4) is 0 Å². The summed E-state index contributed by atoms with van der Waals surface area (Å²) in [6, 6.07) is 18.2. The van der Waals surface area contributed by atoms with Gasteiger partial charge in [0.25, 0.3) is 5.91 Å². The molecule has 246 valence electrons. The molecule has 2 aliphatic heterocycles. The molecule has 48 heavy (non-hydrogen) atoms. The first kappa shape index (κ1) is 31.2. The molecule has 1 aromatic heterocycles. The highest BCUT2D eigenvalue weighted by molar-refractivity contribution is 8.00. The van der Waals surface area contributed by atoms with Crippen molar-refractivity contribution in [3.8, 4) is 5.75 Å². The number of nitrogens with zero attached hydrogens (tertiary/aromatic N) is 1. The number of carbonyl (C=O) groups is 3. The van der Waals surface area contributed by atoms with Gasteiger partial charge in [0, 0.05) is 26.8 Å². The van der Waals surface area contributed by atoms with Crippen molar-refractivity contribution in [2.24, 2.45) is 29.6 Å². The van der Waals surface area contributed by atoms with Gasteiger partial charge in [-0.1, -0.05) is 41.1 Å². The second-order valence-corrected chi connectivity index (χ2v) is 15.1. The average Bonchev–Trinajstić information content (AvgIpc) is 3.79. The highest BCUT2D eigenvalue weighted by atomic mass is 35.5. The third-order valence-corrected chi connectivity index (χ3v) is 12.7. The standard InChI is InChI=1S/C34H25ClF3N3O5S2/c35-17-7-9-19(10-8-17)41-31(43)26-21-13-22(27(26)32(41)44)28-25(21)24(29-30(47-28)40-33(45)48-29)15-3-1-6-20(11-15)46-14-23(42)39-18-5-2-4-16(12-18)34(36,37)38/h1-12,21-22,24-28H,13-14H2,(H,39,42)(H,40,45)/t21-,22-,24+,25-,26+,27+,28-/m1/s1. The van der Waals surface area contributed by atoms with Gasteiger partial charge in [-0.25, -0.2) is 0 Å². The summed E-state index contributed by atoms with van der Waals surface area (Å²) in [7, 11) is 0. The van der Waals surface area contributed by atoms with Crippen LogP contribution >= 0.6 is 34.7 Å². The lowest BCUT2D eigenvalue weighted by atomic mass is 9.68. The number of carbonyl (C=O) groups excluding carboxylic acids is 3. The van der Waals surface area contributed by atoms with E-state index in [-0.39, 0.29) is 51.3 Å². The Morgan fingerprint density at radius 2 is 1.71 bits per heavy atom. The van der Waals surface area contributed by atoms with Gasteiger partial charge in [-0.2, -0.15) is 13.2 Å². The van der Waals surface area contributed by atoms with Gasteiger partial charge in [0.15, 0.2) is 6.61 Å². The number of hydrogen-bond donors (Lipinski definition) is 2. The molecule has 0 spiro atoms. The Morgan fingerprint density at radius 1 is 0.979 bits per heavy atom. The predicted molar refractivity (Wildman–Crippen MR) is 174 cm³/mol. The van der Waals surface area contributed by atoms with Gasteiger partial charge in [-0.15, -0.1) is 11.8 Å². The summed E-state index contributed by atoms with van der Waals surface area (Å²) < 4.78 is 45.1. The number of nitrogens with one attached hydrogen (secondary N) is 2. The lowest BCUT2D eigenvalue weighted by molar-refractivity contribution is -0.137. The second-order valence-electron chi connectivity index (χ2n) is 12.4. The fourth-order valence-electron chi connectivity index (χ4n) is 8.15. The third kappa shape index (κ3) is 5.14. The Morgan fingerprint density at radius 3 is 2.46 bits per heavy atom. The normalized spacial score (nSPS) is 27.1. The van der Waals surface area contributed by atoms with E-state index in [9.17, 15) is 32.3 Å². The Kier molecular flexibility index (Phi) is 7.49. The van der Waals surface area contributed by atoms with Crippen molar-refractivity contribution < 1.29 is 32.3 Å². The maximum atomic E-state index is 13.9. The minimum atomic E-state index is -4.54. The average molecular weight is 712 g/mol. The summed E-state index contributed by atoms with van der Waals surface area (Å²) in [4.78, 5) is 57.9. The van der Waals surface area contributed by atoms with Crippen molar-refractivity contribution in [3.63, 3.8) is 0 Å². The van der Waals surface area contributed by atoms with Crippen LogP contribution in [0.2, 0.25) is 5.02 Å². The zero-order chi connectivity index (χ0) is 33.5. The van der Waals surface area contributed by atoms with Crippen LogP contribution < -0.4 is 19.8 Å². The molecule has 2 saturated carbocycles. The van der Waals surface area contributed by atoms with Gasteiger partial charge >= 0.3 is 11.0 Å². The number of rotatable bonds is 6. The van der Waals surface area contributed by atoms with E-state index >= 15 is 0 Å². The summed E-state index contributed by atoms with van der Waals surface area (Å²) in [6.45, 7) is -0.444. The fourth-order valence-corrected chi connectivity index (χ4v) is 11.2. The zero-order valence-corrected chi connectivity index (χ0v) is 27.1. The van der Waals surface area contributed by atoms with Gasteiger partial charge in [0.05, 0.1) is 28.1 Å². The molecule has 1 saturated heterocycles. The molecule has 4 aromatic rings. The van der Waals surface area contributed by atoms with E-state index in [0.717, 1.165) is 45.4 Å². The number of anilines is 2. The van der Waals surface area contributed by atoms with Crippen molar-refractivity contribution in [1.82, 2.24) is 4.98 Å². The first-order chi connectivity index (χ1) is 23.0. The van der Waals surface area contributed by atoms with Crippen molar-refractivity contribution in [3.05, 3.63) is 103 Å². The second kappa shape index (κ2) is 11.5. The van der Waals surface area contributed by atoms with E-state index < -0.39 is 36.1 Å². The highest BCUT2D eigenvalue weighted by Crippen LogP contribution is 2.68. The number of fused-ring (bicyclic) bond motifs is 9. The van der Waals surface area contributed by atoms with E-state index in [1.165, 1.54) is 17.0 Å². The topological polar surface area (TPSA) is 109 Å². The van der Waals surface area contributed by atoms with E-state index in [1.807, 2.05) is 6.07 Å². The molecule has 2 bridgehead atoms. The van der Waals surface area contributed by atoms with E-state index in [4.69, 9.17) is 16.3 Å². The smallest absolute Gasteiger partial charge is 0.416 e. The first-order valence-electron chi connectivity index (χ1n) is 15.2. The number of alkyl halides is 3. The summed E-state index contributed by atoms with van der Waals surface area (Å²) in [5, 5.41) is 3.70. The Hall–Kier alpha value is -4.07. The molecule has 0 radical (unpaired) electrons. The number of thiazole rings is 1. The lowest BCUT2D eigenvalue weighted by Crippen LogP contribution is -2.42. The van der Waals surface area contributed by atoms with Crippen molar-refractivity contribution in [1.29, 1.82) is 0 Å². The number of imide groups is 1. The van der Waals surface area contributed by atoms with Crippen LogP contribution in [0.1, 0.15) is 28.3 Å². The maximum absolute atomic E-state index is 13.9. The lowest BCUT2D eigenvalue weighted by Gasteiger charge is -2.43. The third-order valence-electron chi connectivity index (χ3n) is 9.87. The summed E-state index contributed by atoms with van der Waals surface area (Å²) in [5.74, 6) is -2.03. The van der Waals surface area contributed by atoms with Crippen LogP contribution in [0.5, 0.6) is 5.75 Å². The molecule has 14 heteroatoms. The van der Waals surface area contributed by atoms with Crippen LogP contribution in [0, 0.1) is 29.6 Å². The quantitative estimate of drug-likeness (QED) is 0.213. The molecule has 7 atom stereocenters. The van der Waals surface area contributed by atoms with Gasteiger partial charge in [0.1, 0.15) is 5.75 Å². The van der Waals surface area contributed by atoms with E-state index in [0.29, 0.717) is 16.5 Å². The van der Waals surface area contributed by atoms with Crippen molar-refractivity contribution in [2.75, 3.05) is 16.8 Å². The molecule has 8 nitrogen and oxygen atoms in total. The number of thioether (sulfide) groups is 1. The Balaban J connectivity index is 1.06. The molecule has 8 rings (SSSR count). The maximum Gasteiger partial charge on any atom is 0.416 e. The minimum absolute atomic E-state index is 0.00280. The monoisotopic (exact) mass is 711 g/mol. The summed E-state index contributed by atoms with van der Waals surface area (Å²) in [6.07, 6.45) is -3.82. The van der Waals surface area contributed by atoms with Gasteiger partial charge < -0.3 is 15.0 Å². The molecule has 2 N–H and O–H groups in total. The Labute approximate surface area is 284 Å². The van der Waals surface area contributed by atoms with Crippen LogP contribution in [-0.2, 0) is 20.6 Å². The van der Waals surface area contributed by atoms with E-state index in [2.05, 4.69) is 10.3 Å². The van der Waals surface area contributed by atoms with Crippen LogP contribution in [-0.4, -0.2) is 34.6 Å². The largest absolute Gasteiger partial charge is 0.484 e. The molecule has 3 aromatic carbocycles. The molecule has 2 aliphatic carbocycles. The van der Waals surface area contributed by atoms with Gasteiger partial charge in [-0.3, -0.25) is 24.1 Å². The molecule has 0 unspecified atom stereocenters. The predicted octanol–water partition coefficient (Wildman–Crippen LogP) is 6.80. The summed E-state index contributed by atoms with van der Waals surface area (Å²) >= 11 is 8.78. The summed E-state index contributed by atoms with van der Waals surface area (Å²) in [5.41, 5.74) is 0.461. The Bertz CT molecular complexity index is 2030. The number of amides is 3. The molecule has 3 fully saturated rings. The van der Waals surface area contributed by atoms with Gasteiger partial charge in [-0.05, 0) is 84.3 Å². The number of H-pyrrole nitrogens is 1. The molecule has 3 amide bonds. The van der Waals surface area contributed by atoms with Crippen LogP contribution in [0.4, 0.5) is 24.5 Å². The number of aromatic nitrogens is 1. The molecule has 3 heterocycles. The molecular weight excluding hydrogens is 687 g/mol. The van der Waals surface area contributed by atoms with Crippen molar-refractivity contribution in [2.45, 2.75) is 28.8 Å². The first-order valence-corrected chi connectivity index (χ1v) is 17.3. The van der Waals surface area contributed by atoms with Crippen LogP contribution in [0.25, 0.3) is 0 Å². The van der Waals surface area contributed by atoms with Crippen molar-refractivity contribution >= 4 is 63.8 Å². The fraction of sp³-hybridized carbons (Fsp3) is 0.294. The number of hydrogen-bond acceptors (Lipinski definition) is 7. The zero-order valence-electron chi connectivity index (χ0n) is 24.7. The number of halogens is 4. The number of ether oxygens (including phenoxy) is 1.